The smallest absolute Gasteiger partial charge is 0.220 e. The summed E-state index contributed by atoms with van der Waals surface area (Å²) in [6, 6.07) is 3.37. The van der Waals surface area contributed by atoms with Gasteiger partial charge in [-0.3, -0.25) is 4.79 Å². The average Bonchev–Trinajstić information content (AvgIpc) is 2.54. The van der Waals surface area contributed by atoms with E-state index in [0.717, 1.165) is 12.7 Å². The van der Waals surface area contributed by atoms with Crippen LogP contribution < -0.4 is 5.32 Å². The molecule has 1 heterocycles. The van der Waals surface area contributed by atoms with Crippen LogP contribution in [0.5, 0.6) is 0 Å². The summed E-state index contributed by atoms with van der Waals surface area (Å²) in [6.07, 6.45) is 4.70. The fourth-order valence-electron chi connectivity index (χ4n) is 3.21. The molecule has 25 heavy (non-hydrogen) atoms. The van der Waals surface area contributed by atoms with E-state index in [4.69, 9.17) is 9.47 Å². The number of hydrogen-bond donors (Lipinski definition) is 1. The summed E-state index contributed by atoms with van der Waals surface area (Å²) in [7, 11) is 0. The van der Waals surface area contributed by atoms with Crippen molar-refractivity contribution in [3.8, 4) is 0 Å². The van der Waals surface area contributed by atoms with Crippen molar-refractivity contribution in [2.24, 2.45) is 5.92 Å². The Morgan fingerprint density at radius 2 is 2.12 bits per heavy atom. The minimum absolute atomic E-state index is 0.0700. The Kier molecular flexibility index (Phi) is 6.37. The summed E-state index contributed by atoms with van der Waals surface area (Å²) < 4.78 is 38.0. The van der Waals surface area contributed by atoms with E-state index in [9.17, 15) is 13.6 Å². The van der Waals surface area contributed by atoms with Gasteiger partial charge in [-0.15, -0.1) is 0 Å². The number of amides is 1. The maximum absolute atomic E-state index is 13.6. The van der Waals surface area contributed by atoms with Gasteiger partial charge < -0.3 is 14.8 Å². The van der Waals surface area contributed by atoms with E-state index in [-0.39, 0.29) is 30.9 Å². The summed E-state index contributed by atoms with van der Waals surface area (Å²) in [5.41, 5.74) is 0.348. The number of aryl methyl sites for hydroxylation is 1. The molecule has 1 saturated heterocycles. The van der Waals surface area contributed by atoms with E-state index in [1.54, 1.807) is 0 Å². The third-order valence-corrected chi connectivity index (χ3v) is 5.06. The molecule has 1 aliphatic carbocycles. The van der Waals surface area contributed by atoms with E-state index in [0.29, 0.717) is 31.1 Å². The van der Waals surface area contributed by atoms with Crippen LogP contribution in [0.4, 0.5) is 8.78 Å². The highest BCUT2D eigenvalue weighted by Crippen LogP contribution is 2.27. The summed E-state index contributed by atoms with van der Waals surface area (Å²) in [5, 5.41) is 2.99. The standard InChI is InChI=1S/C19H25F2NO3/c20-15-6-4-14(16(21)10-15)5-7-19(23)22-17-8-9-24-12-18(17)25-11-13-2-1-3-13/h4,6,10,13,17-18H,1-3,5,7-9,11-12H2,(H,22,23)/t17-,18-/m1/s1. The molecule has 1 aromatic rings. The number of benzene rings is 1. The van der Waals surface area contributed by atoms with Gasteiger partial charge in [-0.1, -0.05) is 12.5 Å². The molecular weight excluding hydrogens is 328 g/mol. The van der Waals surface area contributed by atoms with Gasteiger partial charge >= 0.3 is 0 Å². The second-order valence-electron chi connectivity index (χ2n) is 6.94. The Morgan fingerprint density at radius 3 is 2.84 bits per heavy atom. The minimum Gasteiger partial charge on any atom is -0.379 e. The van der Waals surface area contributed by atoms with Gasteiger partial charge in [0.1, 0.15) is 17.7 Å². The molecule has 1 N–H and O–H groups in total. The van der Waals surface area contributed by atoms with Crippen LogP contribution in [-0.2, 0) is 20.7 Å². The van der Waals surface area contributed by atoms with Crippen molar-refractivity contribution in [2.45, 2.75) is 50.7 Å². The van der Waals surface area contributed by atoms with Crippen molar-refractivity contribution in [1.82, 2.24) is 5.32 Å². The van der Waals surface area contributed by atoms with Crippen LogP contribution in [-0.4, -0.2) is 37.9 Å². The van der Waals surface area contributed by atoms with Crippen molar-refractivity contribution < 1.29 is 23.0 Å². The molecule has 1 amide bonds. The number of rotatable bonds is 7. The second kappa shape index (κ2) is 8.72. The van der Waals surface area contributed by atoms with Gasteiger partial charge in [0.15, 0.2) is 0 Å². The normalized spacial score (nSPS) is 23.9. The topological polar surface area (TPSA) is 47.6 Å². The van der Waals surface area contributed by atoms with Crippen molar-refractivity contribution in [3.05, 3.63) is 35.4 Å². The number of ether oxygens (including phenoxy) is 2. The number of carbonyl (C=O) groups is 1. The third-order valence-electron chi connectivity index (χ3n) is 5.06. The predicted octanol–water partition coefficient (Wildman–Crippen LogP) is 2.99. The molecule has 2 fully saturated rings. The van der Waals surface area contributed by atoms with E-state index in [2.05, 4.69) is 5.32 Å². The molecule has 0 aromatic heterocycles. The van der Waals surface area contributed by atoms with Crippen LogP contribution in [0, 0.1) is 17.6 Å². The summed E-state index contributed by atoms with van der Waals surface area (Å²) in [5.74, 6) is -0.729. The van der Waals surface area contributed by atoms with E-state index >= 15 is 0 Å². The Balaban J connectivity index is 1.46. The molecule has 0 radical (unpaired) electrons. The average molecular weight is 353 g/mol. The number of hydrogen-bond acceptors (Lipinski definition) is 3. The van der Waals surface area contributed by atoms with Crippen LogP contribution >= 0.6 is 0 Å². The van der Waals surface area contributed by atoms with E-state index < -0.39 is 11.6 Å². The lowest BCUT2D eigenvalue weighted by atomic mass is 9.86. The number of halogens is 2. The lowest BCUT2D eigenvalue weighted by Crippen LogP contribution is -2.50. The number of nitrogens with one attached hydrogen (secondary N) is 1. The third kappa shape index (κ3) is 5.22. The fraction of sp³-hybridized carbons (Fsp3) is 0.632. The molecule has 6 heteroatoms. The molecular formula is C19H25F2NO3. The molecule has 4 nitrogen and oxygen atoms in total. The molecule has 2 atom stereocenters. The molecule has 0 unspecified atom stereocenters. The first-order valence-corrected chi connectivity index (χ1v) is 9.04. The largest absolute Gasteiger partial charge is 0.379 e. The van der Waals surface area contributed by atoms with Gasteiger partial charge in [-0.2, -0.15) is 0 Å². The Labute approximate surface area is 146 Å². The molecule has 0 spiro atoms. The first kappa shape index (κ1) is 18.3. The lowest BCUT2D eigenvalue weighted by molar-refractivity contribution is -0.127. The molecule has 138 valence electrons. The first-order valence-electron chi connectivity index (χ1n) is 9.04. The quantitative estimate of drug-likeness (QED) is 0.820. The first-order chi connectivity index (χ1) is 12.1. The van der Waals surface area contributed by atoms with Crippen LogP contribution in [0.3, 0.4) is 0 Å². The van der Waals surface area contributed by atoms with Gasteiger partial charge in [0.2, 0.25) is 5.91 Å². The molecule has 1 aliphatic heterocycles. The zero-order valence-electron chi connectivity index (χ0n) is 14.3. The fourth-order valence-corrected chi connectivity index (χ4v) is 3.21. The van der Waals surface area contributed by atoms with Gasteiger partial charge in [0, 0.05) is 25.7 Å². The maximum atomic E-state index is 13.6. The maximum Gasteiger partial charge on any atom is 0.220 e. The molecule has 2 aliphatic rings. The van der Waals surface area contributed by atoms with Crippen molar-refractivity contribution in [1.29, 1.82) is 0 Å². The predicted molar refractivity (Wildman–Crippen MR) is 89.1 cm³/mol. The Morgan fingerprint density at radius 1 is 1.28 bits per heavy atom. The van der Waals surface area contributed by atoms with Crippen molar-refractivity contribution >= 4 is 5.91 Å². The minimum atomic E-state index is -0.612. The molecule has 3 rings (SSSR count). The van der Waals surface area contributed by atoms with Gasteiger partial charge in [0.05, 0.1) is 12.6 Å². The molecule has 0 bridgehead atoms. The Bertz CT molecular complexity index is 592. The zero-order chi connectivity index (χ0) is 17.6. The molecule has 1 saturated carbocycles. The zero-order valence-corrected chi connectivity index (χ0v) is 14.3. The highest BCUT2D eigenvalue weighted by atomic mass is 19.1. The highest BCUT2D eigenvalue weighted by molar-refractivity contribution is 5.76. The van der Waals surface area contributed by atoms with Crippen LogP contribution in [0.25, 0.3) is 0 Å². The summed E-state index contributed by atoms with van der Waals surface area (Å²) in [4.78, 5) is 12.2. The van der Waals surface area contributed by atoms with Gasteiger partial charge in [0.25, 0.3) is 0 Å². The molecule has 1 aromatic carbocycles. The van der Waals surface area contributed by atoms with E-state index in [1.165, 1.54) is 31.4 Å². The number of carbonyl (C=O) groups excluding carboxylic acids is 1. The highest BCUT2D eigenvalue weighted by Gasteiger charge is 2.29. The van der Waals surface area contributed by atoms with Gasteiger partial charge in [-0.25, -0.2) is 8.78 Å². The second-order valence-corrected chi connectivity index (χ2v) is 6.94. The SMILES string of the molecule is O=C(CCc1ccc(F)cc1F)N[C@@H]1CCOC[C@H]1OCC1CCC1. The Hall–Kier alpha value is -1.53. The van der Waals surface area contributed by atoms with Gasteiger partial charge in [-0.05, 0) is 43.2 Å². The summed E-state index contributed by atoms with van der Waals surface area (Å²) >= 11 is 0. The van der Waals surface area contributed by atoms with Crippen molar-refractivity contribution in [3.63, 3.8) is 0 Å². The van der Waals surface area contributed by atoms with Crippen LogP contribution in [0.2, 0.25) is 0 Å². The van der Waals surface area contributed by atoms with Crippen LogP contribution in [0.1, 0.15) is 37.7 Å². The van der Waals surface area contributed by atoms with Crippen molar-refractivity contribution in [2.75, 3.05) is 19.8 Å². The van der Waals surface area contributed by atoms with E-state index in [1.807, 2.05) is 0 Å². The monoisotopic (exact) mass is 353 g/mol. The van der Waals surface area contributed by atoms with Crippen LogP contribution in [0.15, 0.2) is 18.2 Å². The summed E-state index contributed by atoms with van der Waals surface area (Å²) in [6.45, 7) is 1.81. The lowest BCUT2D eigenvalue weighted by Gasteiger charge is -2.34.